The maximum Gasteiger partial charge on any atom is 0.323 e. The fourth-order valence-corrected chi connectivity index (χ4v) is 1.05. The second-order valence-electron chi connectivity index (χ2n) is 2.87. The molecule has 0 aliphatic rings. The van der Waals surface area contributed by atoms with Gasteiger partial charge in [0.1, 0.15) is 6.04 Å². The Morgan fingerprint density at radius 1 is 1.80 bits per heavy atom. The first-order chi connectivity index (χ1) is 6.63. The van der Waals surface area contributed by atoms with Crippen molar-refractivity contribution in [3.8, 4) is 0 Å². The molecule has 0 radical (unpaired) electrons. The Balaban J connectivity index is 0.00000196. The van der Waals surface area contributed by atoms with E-state index in [1.54, 1.807) is 24.1 Å². The predicted octanol–water partition coefficient (Wildman–Crippen LogP) is -0.927. The minimum Gasteiger partial charge on any atom is -0.520 e. The summed E-state index contributed by atoms with van der Waals surface area (Å²) < 4.78 is 1.71. The number of amides is 1. The molecule has 2 N–H and O–H groups in total. The molecule has 0 saturated carbocycles. The van der Waals surface area contributed by atoms with E-state index < -0.39 is 12.0 Å². The van der Waals surface area contributed by atoms with Crippen molar-refractivity contribution in [2.45, 2.75) is 12.5 Å². The van der Waals surface area contributed by atoms with Gasteiger partial charge in [0, 0.05) is 19.7 Å². The van der Waals surface area contributed by atoms with E-state index >= 15 is 0 Å². The number of carboxylic acids is 1. The quantitative estimate of drug-likeness (QED) is 0.446. The van der Waals surface area contributed by atoms with E-state index in [2.05, 4.69) is 10.3 Å². The van der Waals surface area contributed by atoms with Crippen molar-refractivity contribution in [3.05, 3.63) is 18.2 Å². The number of imidazole rings is 1. The summed E-state index contributed by atoms with van der Waals surface area (Å²) in [5.74, 6) is -1.10. The van der Waals surface area contributed by atoms with Crippen LogP contribution in [-0.4, -0.2) is 33.1 Å². The maximum absolute atomic E-state index is 10.6. The number of hydrogen-bond donors (Lipinski definition) is 2. The van der Waals surface area contributed by atoms with Crippen molar-refractivity contribution in [1.82, 2.24) is 14.9 Å². The molecule has 88 valence electrons. The minimum absolute atomic E-state index is 0. The first kappa shape index (κ1) is 12.2. The zero-order valence-electron chi connectivity index (χ0n) is 7.89. The first-order valence-corrected chi connectivity index (χ1v) is 3.96. The Kier molecular flexibility index (Phi) is 4.05. The third-order valence-corrected chi connectivity index (χ3v) is 1.70. The molecule has 6 nitrogen and oxygen atoms in total. The van der Waals surface area contributed by atoms with Gasteiger partial charge in [-0.3, -0.25) is 4.79 Å². The van der Waals surface area contributed by atoms with E-state index in [4.69, 9.17) is 5.11 Å². The molecular weight excluding hydrogens is 443 g/mol. The Morgan fingerprint density at radius 3 is 2.87 bits per heavy atom. The first-order valence-electron chi connectivity index (χ1n) is 3.96. The molecule has 1 heterocycles. The van der Waals surface area contributed by atoms with Crippen LogP contribution < -0.4 is 5.32 Å². The molecule has 0 bridgehead atoms. The van der Waals surface area contributed by atoms with Crippen LogP contribution in [0.1, 0.15) is 5.69 Å². The van der Waals surface area contributed by atoms with Gasteiger partial charge in [0.25, 0.3) is 0 Å². The van der Waals surface area contributed by atoms with E-state index in [-0.39, 0.29) is 6.42 Å². The van der Waals surface area contributed by atoms with Crippen molar-refractivity contribution in [1.29, 1.82) is 0 Å². The number of nitrogens with one attached hydrogen (secondary N) is 1. The summed E-state index contributed by atoms with van der Waals surface area (Å²) in [4.78, 5) is 24.6. The molecule has 15 heavy (non-hydrogen) atoms. The molecule has 1 aromatic rings. The number of nitrogens with zero attached hydrogens (tertiary/aromatic N) is 2. The van der Waals surface area contributed by atoms with Gasteiger partial charge in [-0.25, -0.2) is 4.98 Å². The summed E-state index contributed by atoms with van der Waals surface area (Å²) in [6, 6.07) is -0.970. The average Bonchev–Trinajstić information content (AvgIpc) is 2.50. The van der Waals surface area contributed by atoms with Crippen LogP contribution in [0.25, 0.3) is 0 Å². The van der Waals surface area contributed by atoms with Gasteiger partial charge in [0.2, 0.25) is 0 Å². The fraction of sp³-hybridized carbons (Fsp3) is 0.375. The fourth-order valence-electron chi connectivity index (χ4n) is 1.05. The van der Waals surface area contributed by atoms with Gasteiger partial charge < -0.3 is 19.8 Å². The van der Waals surface area contributed by atoms with E-state index in [1.165, 1.54) is 6.41 Å². The largest absolute Gasteiger partial charge is 0.520 e. The number of carboxylic acid groups (broad SMARTS) is 1. The summed E-state index contributed by atoms with van der Waals surface area (Å²) in [5, 5.41) is 10.8. The van der Waals surface area contributed by atoms with Crippen LogP contribution in [0.15, 0.2) is 12.5 Å². The molecule has 1 atom stereocenters. The number of hydrogen-bond acceptors (Lipinski definition) is 3. The minimum atomic E-state index is -1.10. The molecule has 1 aromatic heterocycles. The third kappa shape index (κ3) is 3.17. The summed E-state index contributed by atoms with van der Waals surface area (Å²) in [6.45, 7) is 0. The number of rotatable bonds is 5. The number of aromatic nitrogens is 2. The van der Waals surface area contributed by atoms with E-state index in [9.17, 15) is 9.59 Å². The van der Waals surface area contributed by atoms with Gasteiger partial charge in [-0.15, -0.1) is 0 Å². The van der Waals surface area contributed by atoms with E-state index in [1.807, 2.05) is 0 Å². The zero-order valence-corrected chi connectivity index (χ0v) is 10.3. The van der Waals surface area contributed by atoms with Crippen molar-refractivity contribution >= 4 is 12.4 Å². The summed E-state index contributed by atoms with van der Waals surface area (Å²) in [5.41, 5.74) is 0.614. The van der Waals surface area contributed by atoms with Gasteiger partial charge in [-0.2, -0.15) is 6.41 Å². The van der Waals surface area contributed by atoms with Crippen molar-refractivity contribution in [3.63, 3.8) is 0 Å². The van der Waals surface area contributed by atoms with Crippen molar-refractivity contribution in [2.75, 3.05) is 0 Å². The van der Waals surface area contributed by atoms with Gasteiger partial charge in [-0.05, 0) is 0 Å². The Morgan fingerprint density at radius 2 is 2.47 bits per heavy atom. The Bertz CT molecular complexity index is 340. The van der Waals surface area contributed by atoms with E-state index in [0.717, 1.165) is 0 Å². The van der Waals surface area contributed by atoms with Crippen LogP contribution >= 0.6 is 0 Å². The molecule has 1 amide bonds. The smallest absolute Gasteiger partial charge is 0.323 e. The molecular formula is C8H10FmN3O3-. The maximum atomic E-state index is 10.6. The molecule has 0 fully saturated rings. The number of aryl methyl sites for hydroxylation is 1. The van der Waals surface area contributed by atoms with Gasteiger partial charge in [-0.1, -0.05) is 0 Å². The molecule has 0 spiro atoms. The zero-order chi connectivity index (χ0) is 10.6. The molecule has 0 aliphatic heterocycles. The van der Waals surface area contributed by atoms with E-state index in [0.29, 0.717) is 5.69 Å². The monoisotopic (exact) mass is 453 g/mol. The van der Waals surface area contributed by atoms with Gasteiger partial charge in [0.05, 0.1) is 12.0 Å². The van der Waals surface area contributed by atoms with Crippen molar-refractivity contribution < 1.29 is 14.7 Å². The van der Waals surface area contributed by atoms with Crippen LogP contribution in [0.3, 0.4) is 0 Å². The summed E-state index contributed by atoms with van der Waals surface area (Å²) >= 11 is 0. The molecule has 1 rings (SSSR count). The SMILES string of the molecule is Cn1cnc(CC(N[C-]=O)C(=O)O)c1.[Fm]. The predicted molar refractivity (Wildman–Crippen MR) is 47.2 cm³/mol. The second-order valence-corrected chi connectivity index (χ2v) is 2.87. The van der Waals surface area contributed by atoms with Crippen LogP contribution in [0.4, 0.5) is 0 Å². The van der Waals surface area contributed by atoms with Crippen LogP contribution in [-0.2, 0) is 23.1 Å². The standard InChI is InChI=1S/C8H10N3O3.Fm/c1-11-3-6(9-4-11)2-7(8(13)14)10-5-12;/h3-4,7H,2H2,1H3,(H,10,12)(H,13,14);/q-1;. The van der Waals surface area contributed by atoms with Gasteiger partial charge >= 0.3 is 5.97 Å². The Hall–Kier alpha value is -2.85. The second kappa shape index (κ2) is 5.00. The number of aliphatic carboxylic acids is 1. The average molecular weight is 453 g/mol. The van der Waals surface area contributed by atoms with Crippen LogP contribution in [0.5, 0.6) is 0 Å². The summed E-state index contributed by atoms with van der Waals surface area (Å²) in [6.07, 6.45) is 4.78. The number of carbonyl (C=O) groups is 1. The number of carbonyl (C=O) groups excluding carboxylic acids is 1. The molecule has 0 saturated heterocycles. The van der Waals surface area contributed by atoms with Gasteiger partial charge in [0.15, 0.2) is 0 Å². The molecule has 0 aromatic carbocycles. The normalized spacial score (nSPS) is 11.3. The molecule has 1 unspecified atom stereocenters. The molecule has 7 heteroatoms. The van der Waals surface area contributed by atoms with Crippen LogP contribution in [0.2, 0.25) is 0 Å². The Labute approximate surface area is 80.6 Å². The summed E-state index contributed by atoms with van der Waals surface area (Å²) in [7, 11) is 1.78. The molecule has 0 aliphatic carbocycles. The van der Waals surface area contributed by atoms with Crippen molar-refractivity contribution in [2.24, 2.45) is 7.05 Å². The topological polar surface area (TPSA) is 84.2 Å². The third-order valence-electron chi connectivity index (χ3n) is 1.70. The van der Waals surface area contributed by atoms with Crippen LogP contribution in [0, 0.1) is 0 Å².